The van der Waals surface area contributed by atoms with Gasteiger partial charge in [-0.3, -0.25) is 9.69 Å². The van der Waals surface area contributed by atoms with E-state index in [1.165, 1.54) is 5.69 Å². The molecule has 7 heteroatoms. The molecule has 1 aromatic carbocycles. The van der Waals surface area contributed by atoms with Gasteiger partial charge in [0, 0.05) is 57.1 Å². The molecule has 1 N–H and O–H groups in total. The number of nitrogens with one attached hydrogen (secondary N) is 1. The van der Waals surface area contributed by atoms with Crippen LogP contribution in [0.1, 0.15) is 18.5 Å². The Kier molecular flexibility index (Phi) is 6.14. The van der Waals surface area contributed by atoms with E-state index >= 15 is 0 Å². The lowest BCUT2D eigenvalue weighted by molar-refractivity contribution is -0.128. The minimum Gasteiger partial charge on any atom is -0.497 e. The molecule has 1 unspecified atom stereocenters. The van der Waals surface area contributed by atoms with Crippen molar-refractivity contribution < 1.29 is 9.53 Å². The first kappa shape index (κ1) is 19.5. The topological polar surface area (TPSA) is 64.7 Å². The number of nitrogens with zero attached hydrogens (tertiary/aromatic N) is 4. The summed E-state index contributed by atoms with van der Waals surface area (Å²) < 4.78 is 5.25. The quantitative estimate of drug-likeness (QED) is 0.787. The van der Waals surface area contributed by atoms with E-state index in [4.69, 9.17) is 4.74 Å². The molecular weight excluding hydrogens is 366 g/mol. The number of piperidine rings is 1. The lowest BCUT2D eigenvalue weighted by Crippen LogP contribution is -2.55. The van der Waals surface area contributed by atoms with E-state index in [0.29, 0.717) is 6.04 Å². The van der Waals surface area contributed by atoms with Crippen molar-refractivity contribution in [2.75, 3.05) is 51.3 Å². The number of aromatic nitrogens is 2. The number of methoxy groups -OCH3 is 1. The molecule has 1 aromatic heterocycles. The smallest absolute Gasteiger partial charge is 0.246 e. The number of rotatable bonds is 5. The number of likely N-dealkylation sites (tertiary alicyclic amines) is 1. The van der Waals surface area contributed by atoms with E-state index < -0.39 is 0 Å². The van der Waals surface area contributed by atoms with E-state index in [9.17, 15) is 4.79 Å². The molecule has 0 saturated carbocycles. The fourth-order valence-electron chi connectivity index (χ4n) is 4.22. The van der Waals surface area contributed by atoms with Crippen molar-refractivity contribution in [1.29, 1.82) is 0 Å². The number of carbonyl (C=O) groups excluding carboxylic acids is 1. The van der Waals surface area contributed by atoms with Gasteiger partial charge in [-0.15, -0.1) is 0 Å². The van der Waals surface area contributed by atoms with Gasteiger partial charge in [-0.2, -0.15) is 0 Å². The van der Waals surface area contributed by atoms with E-state index in [1.807, 2.05) is 17.0 Å². The Labute approximate surface area is 172 Å². The molecule has 1 amide bonds. The zero-order valence-electron chi connectivity index (χ0n) is 17.0. The molecule has 0 aliphatic carbocycles. The third-order valence-electron chi connectivity index (χ3n) is 5.90. The minimum atomic E-state index is 0.0844. The van der Waals surface area contributed by atoms with Crippen molar-refractivity contribution in [1.82, 2.24) is 19.8 Å². The summed E-state index contributed by atoms with van der Waals surface area (Å²) in [6.07, 6.45) is 9.01. The molecule has 2 aliphatic heterocycles. The zero-order chi connectivity index (χ0) is 20.1. The maximum absolute atomic E-state index is 12.6. The van der Waals surface area contributed by atoms with Crippen molar-refractivity contribution in [2.45, 2.75) is 18.9 Å². The van der Waals surface area contributed by atoms with Gasteiger partial charge >= 0.3 is 0 Å². The third kappa shape index (κ3) is 4.79. The van der Waals surface area contributed by atoms with Gasteiger partial charge in [0.05, 0.1) is 25.3 Å². The number of aromatic amines is 1. The molecule has 0 spiro atoms. The Bertz CT molecular complexity index is 810. The lowest BCUT2D eigenvalue weighted by atomic mass is 10.0. The predicted molar refractivity (Wildman–Crippen MR) is 114 cm³/mol. The normalized spacial score (nSPS) is 20.9. The van der Waals surface area contributed by atoms with Crippen molar-refractivity contribution in [2.24, 2.45) is 0 Å². The molecule has 2 saturated heterocycles. The van der Waals surface area contributed by atoms with Crippen LogP contribution in [-0.2, 0) is 4.79 Å². The molecule has 2 fully saturated rings. The van der Waals surface area contributed by atoms with Crippen LogP contribution in [0, 0.1) is 0 Å². The number of H-pyrrole nitrogens is 1. The summed E-state index contributed by atoms with van der Waals surface area (Å²) >= 11 is 0. The Morgan fingerprint density at radius 1 is 1.17 bits per heavy atom. The van der Waals surface area contributed by atoms with Gasteiger partial charge in [0.15, 0.2) is 0 Å². The summed E-state index contributed by atoms with van der Waals surface area (Å²) in [5.41, 5.74) is 2.09. The van der Waals surface area contributed by atoms with Crippen LogP contribution in [0.15, 0.2) is 42.9 Å². The van der Waals surface area contributed by atoms with Gasteiger partial charge in [-0.05, 0) is 43.2 Å². The largest absolute Gasteiger partial charge is 0.497 e. The van der Waals surface area contributed by atoms with Crippen molar-refractivity contribution in [3.05, 3.63) is 48.6 Å². The Hall–Kier alpha value is -2.80. The molecule has 4 rings (SSSR count). The number of ether oxygens (including phenoxy) is 1. The first-order valence-corrected chi connectivity index (χ1v) is 10.3. The fraction of sp³-hybridized carbons (Fsp3) is 0.455. The van der Waals surface area contributed by atoms with Gasteiger partial charge < -0.3 is 19.5 Å². The number of anilines is 1. The van der Waals surface area contributed by atoms with Crippen LogP contribution in [0.5, 0.6) is 5.75 Å². The second kappa shape index (κ2) is 9.13. The monoisotopic (exact) mass is 395 g/mol. The minimum absolute atomic E-state index is 0.0844. The second-order valence-corrected chi connectivity index (χ2v) is 7.64. The predicted octanol–water partition coefficient (Wildman–Crippen LogP) is 2.24. The van der Waals surface area contributed by atoms with Gasteiger partial charge in [0.2, 0.25) is 5.91 Å². The average Bonchev–Trinajstić information content (AvgIpc) is 3.31. The molecule has 7 nitrogen and oxygen atoms in total. The van der Waals surface area contributed by atoms with Gasteiger partial charge in [-0.25, -0.2) is 4.98 Å². The number of benzene rings is 1. The van der Waals surface area contributed by atoms with Crippen LogP contribution >= 0.6 is 0 Å². The van der Waals surface area contributed by atoms with Crippen molar-refractivity contribution in [3.63, 3.8) is 0 Å². The zero-order valence-corrected chi connectivity index (χ0v) is 17.0. The van der Waals surface area contributed by atoms with Gasteiger partial charge in [-0.1, -0.05) is 0 Å². The molecule has 0 bridgehead atoms. The Morgan fingerprint density at radius 2 is 1.97 bits per heavy atom. The van der Waals surface area contributed by atoms with Gasteiger partial charge in [0.1, 0.15) is 5.75 Å². The van der Waals surface area contributed by atoms with Crippen LogP contribution in [-0.4, -0.2) is 78.1 Å². The summed E-state index contributed by atoms with van der Waals surface area (Å²) in [4.78, 5) is 26.5. The third-order valence-corrected chi connectivity index (χ3v) is 5.90. The molecule has 2 aliphatic rings. The maximum atomic E-state index is 12.6. The summed E-state index contributed by atoms with van der Waals surface area (Å²) in [5, 5.41) is 0. The number of hydrogen-bond acceptors (Lipinski definition) is 5. The van der Waals surface area contributed by atoms with Crippen molar-refractivity contribution >= 4 is 17.7 Å². The standard InChI is InChI=1S/C22H29N5O2/c1-29-21-7-5-19(6-8-21)25-11-13-26(14-12-25)20-3-2-10-27(16-20)22(28)9-4-18-15-23-17-24-18/h4-9,15,17,20H,2-3,10-14,16H2,1H3,(H,23,24)/b9-4+. The molecule has 3 heterocycles. The molecule has 1 atom stereocenters. The fourth-order valence-corrected chi connectivity index (χ4v) is 4.22. The molecule has 2 aromatic rings. The number of carbonyl (C=O) groups is 1. The second-order valence-electron chi connectivity index (χ2n) is 7.64. The molecule has 154 valence electrons. The van der Waals surface area contributed by atoms with Crippen LogP contribution < -0.4 is 9.64 Å². The highest BCUT2D eigenvalue weighted by atomic mass is 16.5. The van der Waals surface area contributed by atoms with Crippen LogP contribution in [0.2, 0.25) is 0 Å². The maximum Gasteiger partial charge on any atom is 0.246 e. The first-order valence-electron chi connectivity index (χ1n) is 10.3. The molecule has 29 heavy (non-hydrogen) atoms. The molecule has 0 radical (unpaired) electrons. The van der Waals surface area contributed by atoms with Crippen LogP contribution in [0.3, 0.4) is 0 Å². The summed E-state index contributed by atoms with van der Waals surface area (Å²) in [6.45, 7) is 5.74. The highest BCUT2D eigenvalue weighted by Crippen LogP contribution is 2.23. The highest BCUT2D eigenvalue weighted by Gasteiger charge is 2.29. The van der Waals surface area contributed by atoms with Gasteiger partial charge in [0.25, 0.3) is 0 Å². The summed E-state index contributed by atoms with van der Waals surface area (Å²) in [7, 11) is 1.69. The summed E-state index contributed by atoms with van der Waals surface area (Å²) in [6, 6.07) is 8.74. The number of imidazole rings is 1. The number of amides is 1. The van der Waals surface area contributed by atoms with Crippen LogP contribution in [0.25, 0.3) is 6.08 Å². The van der Waals surface area contributed by atoms with E-state index in [-0.39, 0.29) is 5.91 Å². The first-order chi connectivity index (χ1) is 14.2. The summed E-state index contributed by atoms with van der Waals surface area (Å²) in [5.74, 6) is 0.974. The number of piperazine rings is 1. The lowest BCUT2D eigenvalue weighted by Gasteiger charge is -2.43. The van der Waals surface area contributed by atoms with E-state index in [0.717, 1.165) is 63.6 Å². The number of hydrogen-bond donors (Lipinski definition) is 1. The Balaban J connectivity index is 1.29. The Morgan fingerprint density at radius 3 is 2.66 bits per heavy atom. The highest BCUT2D eigenvalue weighted by molar-refractivity contribution is 5.91. The van der Waals surface area contributed by atoms with E-state index in [2.05, 4.69) is 31.9 Å². The SMILES string of the molecule is COc1ccc(N2CCN(C3CCCN(C(=O)/C=C/c4cnc[nH]4)C3)CC2)cc1. The molecular formula is C22H29N5O2. The van der Waals surface area contributed by atoms with Crippen LogP contribution in [0.4, 0.5) is 5.69 Å². The van der Waals surface area contributed by atoms with Crippen molar-refractivity contribution in [3.8, 4) is 5.75 Å². The average molecular weight is 396 g/mol. The van der Waals surface area contributed by atoms with E-state index in [1.54, 1.807) is 31.8 Å².